The maximum absolute atomic E-state index is 11.6. The van der Waals surface area contributed by atoms with Crippen molar-refractivity contribution >= 4 is 17.8 Å². The summed E-state index contributed by atoms with van der Waals surface area (Å²) < 4.78 is 1.75. The van der Waals surface area contributed by atoms with E-state index in [1.807, 2.05) is 13.1 Å². The second-order valence-electron chi connectivity index (χ2n) is 4.68. The number of urea groups is 1. The van der Waals surface area contributed by atoms with E-state index in [9.17, 15) is 14.4 Å². The molecule has 0 saturated carbocycles. The quantitative estimate of drug-likeness (QED) is 0.598. The molecule has 0 aliphatic carbocycles. The highest BCUT2D eigenvalue weighted by Gasteiger charge is 2.29. The molecular formula is C12H17N5O3. The molecule has 3 N–H and O–H groups in total. The Kier molecular flexibility index (Phi) is 4.34. The summed E-state index contributed by atoms with van der Waals surface area (Å²) in [7, 11) is 0. The lowest BCUT2D eigenvalue weighted by molar-refractivity contribution is -0.122. The molecule has 2 rings (SSSR count). The van der Waals surface area contributed by atoms with Crippen molar-refractivity contribution in [3.63, 3.8) is 0 Å². The van der Waals surface area contributed by atoms with Gasteiger partial charge in [0.15, 0.2) is 0 Å². The molecule has 8 nitrogen and oxygen atoms in total. The summed E-state index contributed by atoms with van der Waals surface area (Å²) in [6.45, 7) is 3.02. The van der Waals surface area contributed by atoms with Gasteiger partial charge >= 0.3 is 6.03 Å². The predicted molar refractivity (Wildman–Crippen MR) is 69.7 cm³/mol. The largest absolute Gasteiger partial charge is 0.354 e. The van der Waals surface area contributed by atoms with Crippen LogP contribution in [0.3, 0.4) is 0 Å². The van der Waals surface area contributed by atoms with Crippen molar-refractivity contribution in [3.05, 3.63) is 18.0 Å². The first-order valence-electron chi connectivity index (χ1n) is 6.42. The zero-order chi connectivity index (χ0) is 14.5. The van der Waals surface area contributed by atoms with E-state index in [4.69, 9.17) is 0 Å². The molecule has 1 aromatic heterocycles. The number of hydrogen-bond acceptors (Lipinski definition) is 4. The number of nitrogens with zero attached hydrogens (tertiary/aromatic N) is 2. The average molecular weight is 279 g/mol. The molecule has 1 atom stereocenters. The SMILES string of the molecule is Cc1cnn(CCNC(=O)CC[C@H]2NC(=O)NC2=O)c1. The van der Waals surface area contributed by atoms with Gasteiger partial charge in [0.25, 0.3) is 5.91 Å². The fourth-order valence-electron chi connectivity index (χ4n) is 1.93. The van der Waals surface area contributed by atoms with Gasteiger partial charge in [-0.3, -0.25) is 19.6 Å². The number of amides is 4. The highest BCUT2D eigenvalue weighted by Crippen LogP contribution is 2.02. The number of rotatable bonds is 6. The van der Waals surface area contributed by atoms with Crippen LogP contribution < -0.4 is 16.0 Å². The Morgan fingerprint density at radius 1 is 1.50 bits per heavy atom. The van der Waals surface area contributed by atoms with Gasteiger partial charge in [-0.25, -0.2) is 4.79 Å². The number of aromatic nitrogens is 2. The summed E-state index contributed by atoms with van der Waals surface area (Å²) in [5.41, 5.74) is 1.07. The Hall–Kier alpha value is -2.38. The maximum Gasteiger partial charge on any atom is 0.322 e. The molecule has 8 heteroatoms. The summed E-state index contributed by atoms with van der Waals surface area (Å²) in [4.78, 5) is 33.7. The zero-order valence-electron chi connectivity index (χ0n) is 11.2. The number of nitrogens with one attached hydrogen (secondary N) is 3. The van der Waals surface area contributed by atoms with E-state index in [2.05, 4.69) is 21.0 Å². The molecule has 0 radical (unpaired) electrons. The van der Waals surface area contributed by atoms with Gasteiger partial charge in [0.1, 0.15) is 6.04 Å². The van der Waals surface area contributed by atoms with Gasteiger partial charge in [-0.15, -0.1) is 0 Å². The monoisotopic (exact) mass is 279 g/mol. The molecule has 4 amide bonds. The van der Waals surface area contributed by atoms with E-state index in [0.717, 1.165) is 5.56 Å². The molecule has 0 spiro atoms. The van der Waals surface area contributed by atoms with Crippen LogP contribution in [0.15, 0.2) is 12.4 Å². The number of imide groups is 1. The van der Waals surface area contributed by atoms with Gasteiger partial charge in [0.05, 0.1) is 12.7 Å². The third-order valence-corrected chi connectivity index (χ3v) is 2.94. The second-order valence-corrected chi connectivity index (χ2v) is 4.68. The van der Waals surface area contributed by atoms with E-state index < -0.39 is 12.1 Å². The van der Waals surface area contributed by atoms with Gasteiger partial charge in [0.2, 0.25) is 5.91 Å². The van der Waals surface area contributed by atoms with E-state index in [1.165, 1.54) is 0 Å². The standard InChI is InChI=1S/C12H17N5O3/c1-8-6-14-17(7-8)5-4-13-10(18)3-2-9-11(19)16-12(20)15-9/h6-7,9H,2-5H2,1H3,(H,13,18)(H2,15,16,19,20)/t9-/m1/s1. The van der Waals surface area contributed by atoms with Crippen molar-refractivity contribution < 1.29 is 14.4 Å². The first-order chi connectivity index (χ1) is 9.54. The van der Waals surface area contributed by atoms with Crippen molar-refractivity contribution in [1.82, 2.24) is 25.7 Å². The van der Waals surface area contributed by atoms with Crippen LogP contribution in [0.5, 0.6) is 0 Å². The van der Waals surface area contributed by atoms with Crippen LogP contribution in [-0.4, -0.2) is 40.2 Å². The van der Waals surface area contributed by atoms with Gasteiger partial charge < -0.3 is 10.6 Å². The van der Waals surface area contributed by atoms with Crippen LogP contribution in [-0.2, 0) is 16.1 Å². The minimum Gasteiger partial charge on any atom is -0.354 e. The van der Waals surface area contributed by atoms with Crippen molar-refractivity contribution in [3.8, 4) is 0 Å². The van der Waals surface area contributed by atoms with E-state index in [1.54, 1.807) is 10.9 Å². The van der Waals surface area contributed by atoms with Gasteiger partial charge in [-0.05, 0) is 18.9 Å². The molecule has 0 bridgehead atoms. The van der Waals surface area contributed by atoms with Crippen LogP contribution >= 0.6 is 0 Å². The normalized spacial score (nSPS) is 17.8. The van der Waals surface area contributed by atoms with E-state index >= 15 is 0 Å². The lowest BCUT2D eigenvalue weighted by Crippen LogP contribution is -2.32. The highest BCUT2D eigenvalue weighted by atomic mass is 16.2. The highest BCUT2D eigenvalue weighted by molar-refractivity contribution is 6.04. The lowest BCUT2D eigenvalue weighted by Gasteiger charge is -2.08. The summed E-state index contributed by atoms with van der Waals surface area (Å²) >= 11 is 0. The second kappa shape index (κ2) is 6.18. The molecule has 108 valence electrons. The average Bonchev–Trinajstić information content (AvgIpc) is 2.93. The molecular weight excluding hydrogens is 262 g/mol. The van der Waals surface area contributed by atoms with Gasteiger partial charge in [-0.1, -0.05) is 0 Å². The van der Waals surface area contributed by atoms with Gasteiger partial charge in [0, 0.05) is 19.2 Å². The molecule has 0 aromatic carbocycles. The Balaban J connectivity index is 1.63. The maximum atomic E-state index is 11.6. The van der Waals surface area contributed by atoms with Crippen LogP contribution in [0.2, 0.25) is 0 Å². The number of carbonyl (C=O) groups excluding carboxylic acids is 3. The Bertz CT molecular complexity index is 525. The number of aryl methyl sites for hydroxylation is 1. The molecule has 1 saturated heterocycles. The predicted octanol–water partition coefficient (Wildman–Crippen LogP) is -0.704. The van der Waals surface area contributed by atoms with Crippen LogP contribution in [0.4, 0.5) is 4.79 Å². The fourth-order valence-corrected chi connectivity index (χ4v) is 1.93. The van der Waals surface area contributed by atoms with E-state index in [-0.39, 0.29) is 18.2 Å². The van der Waals surface area contributed by atoms with Crippen molar-refractivity contribution in [1.29, 1.82) is 0 Å². The molecule has 1 aromatic rings. The molecule has 1 fully saturated rings. The topological polar surface area (TPSA) is 105 Å². The number of carbonyl (C=O) groups is 3. The summed E-state index contributed by atoms with van der Waals surface area (Å²) in [5.74, 6) is -0.530. The lowest BCUT2D eigenvalue weighted by atomic mass is 10.1. The number of hydrogen-bond donors (Lipinski definition) is 3. The Morgan fingerprint density at radius 3 is 2.90 bits per heavy atom. The minimum absolute atomic E-state index is 0.150. The zero-order valence-corrected chi connectivity index (χ0v) is 11.2. The van der Waals surface area contributed by atoms with Crippen LogP contribution in [0, 0.1) is 6.92 Å². The van der Waals surface area contributed by atoms with Gasteiger partial charge in [-0.2, -0.15) is 5.10 Å². The molecule has 1 aliphatic heterocycles. The third-order valence-electron chi connectivity index (χ3n) is 2.94. The minimum atomic E-state index is -0.609. The summed E-state index contributed by atoms with van der Waals surface area (Å²) in [6, 6.07) is -1.11. The molecule has 0 unspecified atom stereocenters. The Labute approximate surface area is 115 Å². The van der Waals surface area contributed by atoms with Crippen LogP contribution in [0.1, 0.15) is 18.4 Å². The molecule has 20 heavy (non-hydrogen) atoms. The fraction of sp³-hybridized carbons (Fsp3) is 0.500. The summed E-state index contributed by atoms with van der Waals surface area (Å²) in [6.07, 6.45) is 4.13. The van der Waals surface area contributed by atoms with Crippen molar-refractivity contribution in [2.45, 2.75) is 32.4 Å². The van der Waals surface area contributed by atoms with E-state index in [0.29, 0.717) is 19.5 Å². The van der Waals surface area contributed by atoms with Crippen molar-refractivity contribution in [2.75, 3.05) is 6.54 Å². The van der Waals surface area contributed by atoms with Crippen LogP contribution in [0.25, 0.3) is 0 Å². The Morgan fingerprint density at radius 2 is 2.30 bits per heavy atom. The summed E-state index contributed by atoms with van der Waals surface area (Å²) in [5, 5.41) is 11.4. The first kappa shape index (κ1) is 14.0. The molecule has 2 heterocycles. The third kappa shape index (κ3) is 3.81. The van der Waals surface area contributed by atoms with Crippen molar-refractivity contribution in [2.24, 2.45) is 0 Å². The smallest absolute Gasteiger partial charge is 0.322 e. The molecule has 1 aliphatic rings. The first-order valence-corrected chi connectivity index (χ1v) is 6.42.